The van der Waals surface area contributed by atoms with Crippen molar-refractivity contribution in [3.63, 3.8) is 0 Å². The van der Waals surface area contributed by atoms with E-state index in [1.54, 1.807) is 11.0 Å². The Hall–Kier alpha value is -1.52. The van der Waals surface area contributed by atoms with Gasteiger partial charge in [0.15, 0.2) is 0 Å². The Morgan fingerprint density at radius 2 is 2.17 bits per heavy atom. The molecule has 0 aromatic carbocycles. The van der Waals surface area contributed by atoms with Gasteiger partial charge in [0.25, 0.3) is 0 Å². The molecular weight excluding hydrogens is 232 g/mol. The summed E-state index contributed by atoms with van der Waals surface area (Å²) in [5, 5.41) is 11.4. The number of carbonyl (C=O) groups is 2. The van der Waals surface area contributed by atoms with E-state index in [1.807, 2.05) is 13.8 Å². The predicted octanol–water partition coefficient (Wildman–Crippen LogP) is 2.24. The number of hydrogen-bond acceptors (Lipinski definition) is 2. The highest BCUT2D eigenvalue weighted by molar-refractivity contribution is 5.74. The molecule has 0 fully saturated rings. The lowest BCUT2D eigenvalue weighted by atomic mass is 10.1. The molecule has 0 aromatic rings. The molecule has 0 heterocycles. The minimum Gasteiger partial charge on any atom is -0.481 e. The molecule has 0 saturated carbocycles. The summed E-state index contributed by atoms with van der Waals surface area (Å²) in [6.07, 6.45) is 3.99. The second kappa shape index (κ2) is 9.50. The van der Waals surface area contributed by atoms with E-state index >= 15 is 0 Å². The van der Waals surface area contributed by atoms with Crippen LogP contribution in [-0.4, -0.2) is 41.1 Å². The van der Waals surface area contributed by atoms with E-state index in [9.17, 15) is 9.59 Å². The average Bonchev–Trinajstić information content (AvgIpc) is 2.28. The Morgan fingerprint density at radius 1 is 1.50 bits per heavy atom. The van der Waals surface area contributed by atoms with Gasteiger partial charge in [-0.05, 0) is 26.2 Å². The maximum Gasteiger partial charge on any atom is 0.317 e. The standard InChI is InChI=1S/C13H24N2O3/c1-4-9-15(10-5-2)13(18)14-11(3)7-6-8-12(16)17/h4,11H,1,5-10H2,2-3H3,(H,14,18)(H,16,17). The number of nitrogens with zero attached hydrogens (tertiary/aromatic N) is 1. The number of carboxylic acid groups (broad SMARTS) is 1. The molecule has 2 amide bonds. The molecule has 0 aliphatic heterocycles. The van der Waals surface area contributed by atoms with Crippen LogP contribution in [0.1, 0.15) is 39.5 Å². The van der Waals surface area contributed by atoms with Crippen molar-refractivity contribution in [3.8, 4) is 0 Å². The van der Waals surface area contributed by atoms with E-state index in [-0.39, 0.29) is 18.5 Å². The summed E-state index contributed by atoms with van der Waals surface area (Å²) in [6.45, 7) is 8.75. The number of rotatable bonds is 9. The van der Waals surface area contributed by atoms with Crippen molar-refractivity contribution in [2.45, 2.75) is 45.6 Å². The van der Waals surface area contributed by atoms with Crippen LogP contribution in [-0.2, 0) is 4.79 Å². The molecule has 1 unspecified atom stereocenters. The maximum atomic E-state index is 11.9. The van der Waals surface area contributed by atoms with E-state index < -0.39 is 5.97 Å². The molecule has 104 valence electrons. The minimum atomic E-state index is -0.798. The SMILES string of the molecule is C=CCN(CCC)C(=O)NC(C)CCCC(=O)O. The minimum absolute atomic E-state index is 0.0129. The van der Waals surface area contributed by atoms with Crippen LogP contribution < -0.4 is 5.32 Å². The molecule has 2 N–H and O–H groups in total. The van der Waals surface area contributed by atoms with E-state index in [2.05, 4.69) is 11.9 Å². The number of aliphatic carboxylic acids is 1. The summed E-state index contributed by atoms with van der Waals surface area (Å²) < 4.78 is 0. The molecule has 1 atom stereocenters. The van der Waals surface area contributed by atoms with Gasteiger partial charge >= 0.3 is 12.0 Å². The third-order valence-electron chi connectivity index (χ3n) is 2.53. The molecule has 0 aliphatic rings. The molecule has 0 saturated heterocycles. The van der Waals surface area contributed by atoms with Crippen molar-refractivity contribution in [1.82, 2.24) is 10.2 Å². The van der Waals surface area contributed by atoms with Crippen molar-refractivity contribution in [1.29, 1.82) is 0 Å². The zero-order valence-corrected chi connectivity index (χ0v) is 11.3. The van der Waals surface area contributed by atoms with Crippen molar-refractivity contribution in [2.75, 3.05) is 13.1 Å². The number of hydrogen-bond donors (Lipinski definition) is 2. The van der Waals surface area contributed by atoms with Gasteiger partial charge in [0.2, 0.25) is 0 Å². The third-order valence-corrected chi connectivity index (χ3v) is 2.53. The van der Waals surface area contributed by atoms with Gasteiger partial charge in [0, 0.05) is 25.6 Å². The summed E-state index contributed by atoms with van der Waals surface area (Å²) >= 11 is 0. The number of carbonyl (C=O) groups excluding carboxylic acids is 1. The fraction of sp³-hybridized carbons (Fsp3) is 0.692. The first kappa shape index (κ1) is 16.5. The first-order valence-electron chi connectivity index (χ1n) is 6.39. The van der Waals surface area contributed by atoms with Crippen molar-refractivity contribution in [3.05, 3.63) is 12.7 Å². The number of nitrogens with one attached hydrogen (secondary N) is 1. The lowest BCUT2D eigenvalue weighted by molar-refractivity contribution is -0.137. The monoisotopic (exact) mass is 256 g/mol. The highest BCUT2D eigenvalue weighted by Gasteiger charge is 2.13. The zero-order chi connectivity index (χ0) is 14.0. The van der Waals surface area contributed by atoms with Gasteiger partial charge in [-0.15, -0.1) is 6.58 Å². The second-order valence-corrected chi connectivity index (χ2v) is 4.37. The largest absolute Gasteiger partial charge is 0.481 e. The Bertz CT molecular complexity index is 279. The fourth-order valence-electron chi connectivity index (χ4n) is 1.64. The molecule has 18 heavy (non-hydrogen) atoms. The van der Waals surface area contributed by atoms with E-state index in [0.717, 1.165) is 6.42 Å². The first-order chi connectivity index (χ1) is 8.51. The molecule has 0 spiro atoms. The van der Waals surface area contributed by atoms with Crippen LogP contribution in [0.25, 0.3) is 0 Å². The van der Waals surface area contributed by atoms with Crippen molar-refractivity contribution in [2.24, 2.45) is 0 Å². The lowest BCUT2D eigenvalue weighted by Gasteiger charge is -2.23. The smallest absolute Gasteiger partial charge is 0.317 e. The molecule has 5 heteroatoms. The molecule has 0 bridgehead atoms. The average molecular weight is 256 g/mol. The summed E-state index contributed by atoms with van der Waals surface area (Å²) in [7, 11) is 0. The number of carboxylic acids is 1. The van der Waals surface area contributed by atoms with Crippen molar-refractivity contribution < 1.29 is 14.7 Å². The molecular formula is C13H24N2O3. The Kier molecular flexibility index (Phi) is 8.70. The van der Waals surface area contributed by atoms with Crippen LogP contribution in [0.4, 0.5) is 4.79 Å². The van der Waals surface area contributed by atoms with Crippen molar-refractivity contribution >= 4 is 12.0 Å². The molecule has 0 aromatic heterocycles. The Balaban J connectivity index is 4.01. The molecule has 0 radical (unpaired) electrons. The van der Waals surface area contributed by atoms with Crippen LogP contribution in [0.3, 0.4) is 0 Å². The van der Waals surface area contributed by atoms with Gasteiger partial charge in [-0.1, -0.05) is 13.0 Å². The highest BCUT2D eigenvalue weighted by Crippen LogP contribution is 2.02. The normalized spacial score (nSPS) is 11.7. The summed E-state index contributed by atoms with van der Waals surface area (Å²) in [5.41, 5.74) is 0. The fourth-order valence-corrected chi connectivity index (χ4v) is 1.64. The summed E-state index contributed by atoms with van der Waals surface area (Å²) in [4.78, 5) is 24.0. The number of amides is 2. The third kappa shape index (κ3) is 7.70. The van der Waals surface area contributed by atoms with Gasteiger partial charge in [-0.3, -0.25) is 4.79 Å². The second-order valence-electron chi connectivity index (χ2n) is 4.37. The van der Waals surface area contributed by atoms with E-state index in [4.69, 9.17) is 5.11 Å². The first-order valence-corrected chi connectivity index (χ1v) is 6.39. The Morgan fingerprint density at radius 3 is 2.67 bits per heavy atom. The van der Waals surface area contributed by atoms with E-state index in [1.165, 1.54) is 0 Å². The van der Waals surface area contributed by atoms with Gasteiger partial charge in [-0.25, -0.2) is 4.79 Å². The Labute approximate surface area is 109 Å². The van der Waals surface area contributed by atoms with Crippen LogP contribution >= 0.6 is 0 Å². The quantitative estimate of drug-likeness (QED) is 0.621. The molecule has 5 nitrogen and oxygen atoms in total. The summed E-state index contributed by atoms with van der Waals surface area (Å²) in [6, 6.07) is -0.124. The van der Waals surface area contributed by atoms with Crippen LogP contribution in [0.5, 0.6) is 0 Å². The zero-order valence-electron chi connectivity index (χ0n) is 11.3. The van der Waals surface area contributed by atoms with Crippen LogP contribution in [0.15, 0.2) is 12.7 Å². The summed E-state index contributed by atoms with van der Waals surface area (Å²) in [5.74, 6) is -0.798. The highest BCUT2D eigenvalue weighted by atomic mass is 16.4. The van der Waals surface area contributed by atoms with Gasteiger partial charge in [0.05, 0.1) is 0 Å². The molecule has 0 rings (SSSR count). The van der Waals surface area contributed by atoms with E-state index in [0.29, 0.717) is 25.9 Å². The number of urea groups is 1. The maximum absolute atomic E-state index is 11.9. The predicted molar refractivity (Wildman–Crippen MR) is 71.5 cm³/mol. The topological polar surface area (TPSA) is 69.6 Å². The van der Waals surface area contributed by atoms with Gasteiger partial charge in [0.1, 0.15) is 0 Å². The van der Waals surface area contributed by atoms with Crippen LogP contribution in [0.2, 0.25) is 0 Å². The van der Waals surface area contributed by atoms with Gasteiger partial charge in [-0.2, -0.15) is 0 Å². The van der Waals surface area contributed by atoms with Crippen LogP contribution in [0, 0.1) is 0 Å². The lowest BCUT2D eigenvalue weighted by Crippen LogP contribution is -2.44. The van der Waals surface area contributed by atoms with Gasteiger partial charge < -0.3 is 15.3 Å². The molecule has 0 aliphatic carbocycles.